The molecule has 0 unspecified atom stereocenters. The second-order valence-electron chi connectivity index (χ2n) is 11.3. The van der Waals surface area contributed by atoms with E-state index in [-0.39, 0.29) is 29.7 Å². The molecule has 0 spiro atoms. The summed E-state index contributed by atoms with van der Waals surface area (Å²) in [7, 11) is 4.63. The minimum Gasteiger partial charge on any atom is -0.496 e. The van der Waals surface area contributed by atoms with Gasteiger partial charge in [-0.25, -0.2) is 4.98 Å². The summed E-state index contributed by atoms with van der Waals surface area (Å²) in [5, 5.41) is 7.93. The fourth-order valence-corrected chi connectivity index (χ4v) is 5.25. The van der Waals surface area contributed by atoms with Gasteiger partial charge < -0.3 is 24.3 Å². The molecule has 0 aliphatic heterocycles. The predicted molar refractivity (Wildman–Crippen MR) is 185 cm³/mol. The number of anilines is 1. The standard InChI is InChI=1S/C37H38N4O6/c1-22(2)27-19-28(24(4)16-31(27)44-5)36-40-30-15-11-9-13-26(30)37(43)41(36)38-20-25-17-32(45-6)35(33(18-25)46-7)47-21-34(42)39-29-14-10-8-12-23(29)3/h8-20,22H,21H2,1-7H3,(H,39,42). The first-order valence-electron chi connectivity index (χ1n) is 15.1. The zero-order chi connectivity index (χ0) is 33.7. The van der Waals surface area contributed by atoms with Gasteiger partial charge in [-0.2, -0.15) is 9.78 Å². The number of carbonyl (C=O) groups is 1. The van der Waals surface area contributed by atoms with Crippen molar-refractivity contribution in [3.8, 4) is 34.4 Å². The molecule has 47 heavy (non-hydrogen) atoms. The van der Waals surface area contributed by atoms with Crippen LogP contribution in [-0.2, 0) is 4.79 Å². The lowest BCUT2D eigenvalue weighted by Crippen LogP contribution is -2.21. The molecule has 10 nitrogen and oxygen atoms in total. The highest BCUT2D eigenvalue weighted by Gasteiger charge is 2.19. The summed E-state index contributed by atoms with van der Waals surface area (Å²) >= 11 is 0. The summed E-state index contributed by atoms with van der Waals surface area (Å²) in [6.07, 6.45) is 1.53. The summed E-state index contributed by atoms with van der Waals surface area (Å²) in [5.74, 6) is 1.91. The number of amides is 1. The molecule has 1 heterocycles. The average Bonchev–Trinajstić information content (AvgIpc) is 3.07. The van der Waals surface area contributed by atoms with E-state index in [0.29, 0.717) is 39.5 Å². The number of rotatable bonds is 11. The van der Waals surface area contributed by atoms with E-state index in [1.54, 1.807) is 31.4 Å². The number of aryl methyl sites for hydroxylation is 2. The minimum absolute atomic E-state index is 0.169. The maximum atomic E-state index is 13.9. The van der Waals surface area contributed by atoms with Crippen molar-refractivity contribution < 1.29 is 23.7 Å². The van der Waals surface area contributed by atoms with Gasteiger partial charge in [0, 0.05) is 16.8 Å². The number of nitrogens with one attached hydrogen (secondary N) is 1. The number of ether oxygens (including phenoxy) is 4. The van der Waals surface area contributed by atoms with Crippen molar-refractivity contribution in [2.75, 3.05) is 33.3 Å². The number of benzene rings is 4. The molecule has 0 saturated heterocycles. The molecule has 0 bridgehead atoms. The first-order valence-corrected chi connectivity index (χ1v) is 15.1. The van der Waals surface area contributed by atoms with Gasteiger partial charge in [0.2, 0.25) is 5.75 Å². The van der Waals surface area contributed by atoms with Crippen molar-refractivity contribution in [1.29, 1.82) is 0 Å². The van der Waals surface area contributed by atoms with Gasteiger partial charge in [0.1, 0.15) is 5.75 Å². The van der Waals surface area contributed by atoms with Crippen molar-refractivity contribution in [2.24, 2.45) is 5.10 Å². The summed E-state index contributed by atoms with van der Waals surface area (Å²) in [6, 6.07) is 22.0. The summed E-state index contributed by atoms with van der Waals surface area (Å²) in [5.41, 5.74) is 5.09. The van der Waals surface area contributed by atoms with Crippen molar-refractivity contribution in [3.05, 3.63) is 105 Å². The fourth-order valence-electron chi connectivity index (χ4n) is 5.25. The molecule has 0 aliphatic rings. The number of aromatic nitrogens is 2. The lowest BCUT2D eigenvalue weighted by atomic mass is 9.96. The molecule has 1 amide bonds. The van der Waals surface area contributed by atoms with Crippen LogP contribution in [0.15, 0.2) is 82.7 Å². The summed E-state index contributed by atoms with van der Waals surface area (Å²) < 4.78 is 24.0. The van der Waals surface area contributed by atoms with Gasteiger partial charge in [0.15, 0.2) is 23.9 Å². The van der Waals surface area contributed by atoms with E-state index < -0.39 is 0 Å². The van der Waals surface area contributed by atoms with Gasteiger partial charge in [-0.3, -0.25) is 9.59 Å². The van der Waals surface area contributed by atoms with Crippen LogP contribution in [0.25, 0.3) is 22.3 Å². The SMILES string of the molecule is COc1cc(C)c(-c2nc3ccccc3c(=O)n2N=Cc2cc(OC)c(OCC(=O)Nc3ccccc3C)c(OC)c2)cc1C(C)C. The molecule has 10 heteroatoms. The molecular formula is C37H38N4O6. The Hall–Kier alpha value is -5.64. The van der Waals surface area contributed by atoms with Crippen LogP contribution in [0, 0.1) is 13.8 Å². The third-order valence-corrected chi connectivity index (χ3v) is 7.77. The maximum Gasteiger partial charge on any atom is 0.282 e. The van der Waals surface area contributed by atoms with Crippen LogP contribution < -0.4 is 29.8 Å². The Labute approximate surface area is 273 Å². The van der Waals surface area contributed by atoms with Gasteiger partial charge in [-0.15, -0.1) is 0 Å². The Kier molecular flexibility index (Phi) is 9.89. The Morgan fingerprint density at radius 2 is 1.55 bits per heavy atom. The van der Waals surface area contributed by atoms with E-state index in [1.165, 1.54) is 25.1 Å². The van der Waals surface area contributed by atoms with Gasteiger partial charge in [-0.1, -0.05) is 44.2 Å². The van der Waals surface area contributed by atoms with Gasteiger partial charge >= 0.3 is 0 Å². The second-order valence-corrected chi connectivity index (χ2v) is 11.3. The molecule has 1 aromatic heterocycles. The van der Waals surface area contributed by atoms with E-state index >= 15 is 0 Å². The molecule has 5 rings (SSSR count). The van der Waals surface area contributed by atoms with Crippen LogP contribution in [0.5, 0.6) is 23.0 Å². The van der Waals surface area contributed by atoms with Crippen LogP contribution >= 0.6 is 0 Å². The average molecular weight is 635 g/mol. The number of hydrogen-bond acceptors (Lipinski definition) is 8. The molecular weight excluding hydrogens is 596 g/mol. The van der Waals surface area contributed by atoms with Crippen molar-refractivity contribution in [1.82, 2.24) is 9.66 Å². The number of carbonyl (C=O) groups excluding carboxylic acids is 1. The zero-order valence-corrected chi connectivity index (χ0v) is 27.6. The Morgan fingerprint density at radius 3 is 2.21 bits per heavy atom. The quantitative estimate of drug-likeness (QED) is 0.160. The number of fused-ring (bicyclic) bond motifs is 1. The van der Waals surface area contributed by atoms with Crippen molar-refractivity contribution in [2.45, 2.75) is 33.6 Å². The predicted octanol–water partition coefficient (Wildman–Crippen LogP) is 6.73. The molecule has 5 aromatic rings. The van der Waals surface area contributed by atoms with Crippen LogP contribution in [0.2, 0.25) is 0 Å². The monoisotopic (exact) mass is 634 g/mol. The topological polar surface area (TPSA) is 113 Å². The van der Waals surface area contributed by atoms with Crippen molar-refractivity contribution in [3.63, 3.8) is 0 Å². The van der Waals surface area contributed by atoms with E-state index in [9.17, 15) is 9.59 Å². The minimum atomic E-state index is -0.334. The zero-order valence-electron chi connectivity index (χ0n) is 27.6. The number of methoxy groups -OCH3 is 3. The van der Waals surface area contributed by atoms with Crippen LogP contribution in [0.3, 0.4) is 0 Å². The molecule has 0 aliphatic carbocycles. The number of hydrogen-bond donors (Lipinski definition) is 1. The Bertz CT molecular complexity index is 2010. The molecule has 0 atom stereocenters. The Balaban J connectivity index is 1.53. The Morgan fingerprint density at radius 1 is 0.894 bits per heavy atom. The lowest BCUT2D eigenvalue weighted by molar-refractivity contribution is -0.118. The van der Waals surface area contributed by atoms with E-state index in [2.05, 4.69) is 24.3 Å². The summed E-state index contributed by atoms with van der Waals surface area (Å²) in [6.45, 7) is 7.76. The van der Waals surface area contributed by atoms with Crippen LogP contribution in [0.1, 0.15) is 42.0 Å². The third kappa shape index (κ3) is 6.96. The molecule has 0 radical (unpaired) electrons. The first-order chi connectivity index (χ1) is 22.6. The smallest absolute Gasteiger partial charge is 0.282 e. The van der Waals surface area contributed by atoms with Crippen LogP contribution in [0.4, 0.5) is 5.69 Å². The highest BCUT2D eigenvalue weighted by Crippen LogP contribution is 2.38. The van der Waals surface area contributed by atoms with Gasteiger partial charge in [0.25, 0.3) is 11.5 Å². The van der Waals surface area contributed by atoms with Gasteiger partial charge in [-0.05, 0) is 78.9 Å². The largest absolute Gasteiger partial charge is 0.496 e. The number of para-hydroxylation sites is 2. The molecule has 1 N–H and O–H groups in total. The lowest BCUT2D eigenvalue weighted by Gasteiger charge is -2.17. The van der Waals surface area contributed by atoms with Crippen LogP contribution in [-0.4, -0.2) is 49.7 Å². The maximum absolute atomic E-state index is 13.9. The first kappa shape index (κ1) is 32.7. The molecule has 0 saturated carbocycles. The summed E-state index contributed by atoms with van der Waals surface area (Å²) in [4.78, 5) is 31.4. The van der Waals surface area contributed by atoms with E-state index in [1.807, 2.05) is 62.4 Å². The third-order valence-electron chi connectivity index (χ3n) is 7.77. The highest BCUT2D eigenvalue weighted by atomic mass is 16.5. The van der Waals surface area contributed by atoms with Gasteiger partial charge in [0.05, 0.1) is 38.4 Å². The second kappa shape index (κ2) is 14.2. The molecule has 242 valence electrons. The normalized spacial score (nSPS) is 11.2. The van der Waals surface area contributed by atoms with E-state index in [0.717, 1.165) is 28.0 Å². The van der Waals surface area contributed by atoms with Crippen molar-refractivity contribution >= 4 is 28.7 Å². The fraction of sp³-hybridized carbons (Fsp3) is 0.243. The number of nitrogens with zero attached hydrogens (tertiary/aromatic N) is 3. The highest BCUT2D eigenvalue weighted by molar-refractivity contribution is 5.92. The van der Waals surface area contributed by atoms with E-state index in [4.69, 9.17) is 23.9 Å². The molecule has 0 fully saturated rings. The molecule has 4 aromatic carbocycles.